The first kappa shape index (κ1) is 17.0. The molecule has 0 aliphatic carbocycles. The number of methoxy groups -OCH3 is 1. The minimum atomic E-state index is -0.236. The first-order valence-corrected chi connectivity index (χ1v) is 8.29. The van der Waals surface area contributed by atoms with Crippen molar-refractivity contribution in [1.29, 1.82) is 0 Å². The molecule has 5 nitrogen and oxygen atoms in total. The smallest absolute Gasteiger partial charge is 0.255 e. The van der Waals surface area contributed by atoms with Crippen LogP contribution < -0.4 is 14.8 Å². The average Bonchev–Trinajstić information content (AvgIpc) is 2.64. The Labute approximate surface area is 153 Å². The van der Waals surface area contributed by atoms with E-state index >= 15 is 0 Å². The van der Waals surface area contributed by atoms with Crippen LogP contribution in [0, 0.1) is 0 Å². The SMILES string of the molecule is COc1ccc(Oc2ncccc2NC(=O)c2ccc(Br)cc2)cc1. The molecule has 1 amide bonds. The summed E-state index contributed by atoms with van der Waals surface area (Å²) in [5.41, 5.74) is 1.04. The molecular formula is C19H15BrN2O3. The molecule has 3 aromatic rings. The molecule has 1 N–H and O–H groups in total. The van der Waals surface area contributed by atoms with Gasteiger partial charge < -0.3 is 14.8 Å². The molecule has 0 saturated heterocycles. The third-order valence-corrected chi connectivity index (χ3v) is 3.93. The van der Waals surface area contributed by atoms with Crippen LogP contribution in [-0.4, -0.2) is 18.0 Å². The Hall–Kier alpha value is -2.86. The predicted octanol–water partition coefficient (Wildman–Crippen LogP) is 4.90. The molecule has 0 spiro atoms. The number of rotatable bonds is 5. The minimum absolute atomic E-state index is 0.236. The number of hydrogen-bond donors (Lipinski definition) is 1. The highest BCUT2D eigenvalue weighted by Crippen LogP contribution is 2.28. The van der Waals surface area contributed by atoms with Gasteiger partial charge in [0.15, 0.2) is 0 Å². The average molecular weight is 399 g/mol. The quantitative estimate of drug-likeness (QED) is 0.663. The second-order valence-corrected chi connectivity index (χ2v) is 6.01. The maximum absolute atomic E-state index is 12.4. The highest BCUT2D eigenvalue weighted by molar-refractivity contribution is 9.10. The summed E-state index contributed by atoms with van der Waals surface area (Å²) in [6, 6.07) is 17.7. The number of nitrogens with zero attached hydrogens (tertiary/aromatic N) is 1. The van der Waals surface area contributed by atoms with Gasteiger partial charge in [-0.1, -0.05) is 15.9 Å². The van der Waals surface area contributed by atoms with E-state index in [4.69, 9.17) is 9.47 Å². The van der Waals surface area contributed by atoms with Crippen molar-refractivity contribution < 1.29 is 14.3 Å². The van der Waals surface area contributed by atoms with E-state index in [1.807, 2.05) is 12.1 Å². The van der Waals surface area contributed by atoms with Crippen molar-refractivity contribution in [2.45, 2.75) is 0 Å². The molecule has 0 saturated carbocycles. The van der Waals surface area contributed by atoms with E-state index in [0.29, 0.717) is 22.9 Å². The lowest BCUT2D eigenvalue weighted by atomic mass is 10.2. The van der Waals surface area contributed by atoms with Crippen LogP contribution in [0.2, 0.25) is 0 Å². The Morgan fingerprint density at radius 3 is 2.36 bits per heavy atom. The lowest BCUT2D eigenvalue weighted by Gasteiger charge is -2.11. The Bertz CT molecular complexity index is 865. The molecule has 2 aromatic carbocycles. The Morgan fingerprint density at radius 2 is 1.68 bits per heavy atom. The maximum Gasteiger partial charge on any atom is 0.255 e. The summed E-state index contributed by atoms with van der Waals surface area (Å²) in [4.78, 5) is 16.6. The largest absolute Gasteiger partial charge is 0.497 e. The van der Waals surface area contributed by atoms with E-state index in [0.717, 1.165) is 10.2 Å². The zero-order chi connectivity index (χ0) is 17.6. The number of ether oxygens (including phenoxy) is 2. The molecule has 0 fully saturated rings. The number of pyridine rings is 1. The van der Waals surface area contributed by atoms with Gasteiger partial charge in [-0.05, 0) is 60.7 Å². The van der Waals surface area contributed by atoms with Gasteiger partial charge in [0.2, 0.25) is 5.88 Å². The monoisotopic (exact) mass is 398 g/mol. The van der Waals surface area contributed by atoms with Crippen LogP contribution in [0.25, 0.3) is 0 Å². The number of anilines is 1. The van der Waals surface area contributed by atoms with Crippen LogP contribution in [0.4, 0.5) is 5.69 Å². The van der Waals surface area contributed by atoms with Gasteiger partial charge in [0.1, 0.15) is 17.2 Å². The van der Waals surface area contributed by atoms with E-state index in [9.17, 15) is 4.79 Å². The summed E-state index contributed by atoms with van der Waals surface area (Å²) in [5, 5.41) is 2.82. The van der Waals surface area contributed by atoms with Crippen molar-refractivity contribution in [3.8, 4) is 17.4 Å². The van der Waals surface area contributed by atoms with Gasteiger partial charge in [0, 0.05) is 16.2 Å². The van der Waals surface area contributed by atoms with Crippen LogP contribution >= 0.6 is 15.9 Å². The van der Waals surface area contributed by atoms with E-state index < -0.39 is 0 Å². The highest BCUT2D eigenvalue weighted by atomic mass is 79.9. The van der Waals surface area contributed by atoms with Gasteiger partial charge in [0.05, 0.1) is 7.11 Å². The number of carbonyl (C=O) groups excluding carboxylic acids is 1. The number of halogens is 1. The second kappa shape index (κ2) is 7.81. The van der Waals surface area contributed by atoms with Gasteiger partial charge in [-0.15, -0.1) is 0 Å². The fourth-order valence-electron chi connectivity index (χ4n) is 2.12. The van der Waals surface area contributed by atoms with Crippen LogP contribution in [-0.2, 0) is 0 Å². The second-order valence-electron chi connectivity index (χ2n) is 5.09. The van der Waals surface area contributed by atoms with Crippen molar-refractivity contribution in [1.82, 2.24) is 4.98 Å². The van der Waals surface area contributed by atoms with E-state index in [1.165, 1.54) is 0 Å². The standard InChI is InChI=1S/C19H15BrN2O3/c1-24-15-8-10-16(11-9-15)25-19-17(3-2-12-21-19)22-18(23)13-4-6-14(20)7-5-13/h2-12H,1H3,(H,22,23). The Morgan fingerprint density at radius 1 is 1.00 bits per heavy atom. The summed E-state index contributed by atoms with van der Waals surface area (Å²) in [7, 11) is 1.60. The van der Waals surface area contributed by atoms with Crippen LogP contribution in [0.1, 0.15) is 10.4 Å². The highest BCUT2D eigenvalue weighted by Gasteiger charge is 2.11. The molecule has 0 unspecified atom stereocenters. The molecule has 25 heavy (non-hydrogen) atoms. The minimum Gasteiger partial charge on any atom is -0.497 e. The first-order valence-electron chi connectivity index (χ1n) is 7.49. The van der Waals surface area contributed by atoms with Gasteiger partial charge in [-0.3, -0.25) is 4.79 Å². The van der Waals surface area contributed by atoms with Crippen molar-refractivity contribution in [3.63, 3.8) is 0 Å². The van der Waals surface area contributed by atoms with E-state index in [1.54, 1.807) is 61.8 Å². The van der Waals surface area contributed by atoms with Crippen molar-refractivity contribution >= 4 is 27.5 Å². The molecule has 0 aliphatic heterocycles. The summed E-state index contributed by atoms with van der Waals surface area (Å²) >= 11 is 3.35. The van der Waals surface area contributed by atoms with Crippen LogP contribution in [0.5, 0.6) is 17.4 Å². The lowest BCUT2D eigenvalue weighted by Crippen LogP contribution is -2.12. The molecule has 3 rings (SSSR count). The molecule has 0 radical (unpaired) electrons. The molecule has 0 aliphatic rings. The lowest BCUT2D eigenvalue weighted by molar-refractivity contribution is 0.102. The van der Waals surface area contributed by atoms with Crippen molar-refractivity contribution in [2.75, 3.05) is 12.4 Å². The molecule has 0 bridgehead atoms. The number of amides is 1. The Kier molecular flexibility index (Phi) is 5.30. The normalized spacial score (nSPS) is 10.2. The molecule has 1 aromatic heterocycles. The van der Waals surface area contributed by atoms with Crippen LogP contribution in [0.15, 0.2) is 71.3 Å². The third-order valence-electron chi connectivity index (χ3n) is 3.40. The topological polar surface area (TPSA) is 60.5 Å². The fraction of sp³-hybridized carbons (Fsp3) is 0.0526. The number of benzene rings is 2. The van der Waals surface area contributed by atoms with Crippen LogP contribution in [0.3, 0.4) is 0 Å². The molecule has 6 heteroatoms. The van der Waals surface area contributed by atoms with Crippen molar-refractivity contribution in [2.24, 2.45) is 0 Å². The van der Waals surface area contributed by atoms with Crippen molar-refractivity contribution in [3.05, 3.63) is 76.9 Å². The predicted molar refractivity (Wildman–Crippen MR) is 99.4 cm³/mol. The Balaban J connectivity index is 1.78. The zero-order valence-corrected chi connectivity index (χ0v) is 15.0. The number of carbonyl (C=O) groups is 1. The van der Waals surface area contributed by atoms with Gasteiger partial charge in [-0.25, -0.2) is 4.98 Å². The number of hydrogen-bond acceptors (Lipinski definition) is 4. The number of aromatic nitrogens is 1. The summed E-state index contributed by atoms with van der Waals surface area (Å²) in [6.07, 6.45) is 1.61. The fourth-order valence-corrected chi connectivity index (χ4v) is 2.38. The summed E-state index contributed by atoms with van der Waals surface area (Å²) < 4.78 is 11.8. The van der Waals surface area contributed by atoms with Gasteiger partial charge in [-0.2, -0.15) is 0 Å². The van der Waals surface area contributed by atoms with E-state index in [-0.39, 0.29) is 5.91 Å². The summed E-state index contributed by atoms with van der Waals surface area (Å²) in [5.74, 6) is 1.41. The van der Waals surface area contributed by atoms with E-state index in [2.05, 4.69) is 26.2 Å². The molecule has 1 heterocycles. The third kappa shape index (κ3) is 4.36. The maximum atomic E-state index is 12.4. The first-order chi connectivity index (χ1) is 12.2. The molecular weight excluding hydrogens is 384 g/mol. The van der Waals surface area contributed by atoms with Gasteiger partial charge in [0.25, 0.3) is 5.91 Å². The molecule has 126 valence electrons. The number of nitrogens with one attached hydrogen (secondary N) is 1. The molecule has 0 atom stereocenters. The van der Waals surface area contributed by atoms with Gasteiger partial charge >= 0.3 is 0 Å². The summed E-state index contributed by atoms with van der Waals surface area (Å²) in [6.45, 7) is 0. The zero-order valence-electron chi connectivity index (χ0n) is 13.4.